The minimum Gasteiger partial charge on any atom is -0.368 e. The SMILES string of the molecule is FC(F)(F)c1cccc(Br)c1N1CCN(Cc2ccccc2)CC1. The molecule has 0 unspecified atom stereocenters. The molecule has 1 fully saturated rings. The fraction of sp³-hybridized carbons (Fsp3) is 0.333. The van der Waals surface area contributed by atoms with E-state index in [1.165, 1.54) is 11.6 Å². The second-order valence-electron chi connectivity index (χ2n) is 5.88. The Hall–Kier alpha value is -1.53. The van der Waals surface area contributed by atoms with E-state index in [9.17, 15) is 13.2 Å². The smallest absolute Gasteiger partial charge is 0.368 e. The Labute approximate surface area is 148 Å². The summed E-state index contributed by atoms with van der Waals surface area (Å²) in [6.07, 6.45) is -4.35. The second-order valence-corrected chi connectivity index (χ2v) is 6.74. The molecule has 0 saturated carbocycles. The van der Waals surface area contributed by atoms with Gasteiger partial charge in [0.15, 0.2) is 0 Å². The maximum Gasteiger partial charge on any atom is 0.418 e. The molecule has 2 nitrogen and oxygen atoms in total. The first-order valence-electron chi connectivity index (χ1n) is 7.82. The number of nitrogens with zero attached hydrogens (tertiary/aromatic N) is 2. The van der Waals surface area contributed by atoms with Gasteiger partial charge in [-0.2, -0.15) is 13.2 Å². The van der Waals surface area contributed by atoms with Gasteiger partial charge in [0.1, 0.15) is 0 Å². The van der Waals surface area contributed by atoms with Crippen LogP contribution in [0.25, 0.3) is 0 Å². The minimum absolute atomic E-state index is 0.254. The molecule has 1 aliphatic rings. The number of para-hydroxylation sites is 1. The number of hydrogen-bond acceptors (Lipinski definition) is 2. The van der Waals surface area contributed by atoms with Crippen molar-refractivity contribution in [3.05, 3.63) is 64.1 Å². The number of piperazine rings is 1. The highest BCUT2D eigenvalue weighted by atomic mass is 79.9. The predicted molar refractivity (Wildman–Crippen MR) is 93.1 cm³/mol. The van der Waals surface area contributed by atoms with Gasteiger partial charge in [-0.3, -0.25) is 4.90 Å². The summed E-state index contributed by atoms with van der Waals surface area (Å²) in [7, 11) is 0. The van der Waals surface area contributed by atoms with Crippen molar-refractivity contribution >= 4 is 21.6 Å². The van der Waals surface area contributed by atoms with Crippen LogP contribution in [0.2, 0.25) is 0 Å². The van der Waals surface area contributed by atoms with Gasteiger partial charge < -0.3 is 4.90 Å². The number of alkyl halides is 3. The quantitative estimate of drug-likeness (QED) is 0.733. The van der Waals surface area contributed by atoms with Crippen molar-refractivity contribution in [2.75, 3.05) is 31.1 Å². The molecular formula is C18H18BrF3N2. The molecule has 0 aliphatic carbocycles. The molecule has 0 aromatic heterocycles. The summed E-state index contributed by atoms with van der Waals surface area (Å²) in [6.45, 7) is 3.48. The van der Waals surface area contributed by atoms with Crippen LogP contribution in [0.15, 0.2) is 53.0 Å². The molecule has 3 rings (SSSR count). The Kier molecular flexibility index (Phi) is 5.15. The van der Waals surface area contributed by atoms with Crippen LogP contribution >= 0.6 is 15.9 Å². The van der Waals surface area contributed by atoms with E-state index in [1.54, 1.807) is 6.07 Å². The molecule has 1 saturated heterocycles. The molecule has 2 aromatic carbocycles. The van der Waals surface area contributed by atoms with E-state index in [0.717, 1.165) is 25.7 Å². The molecule has 0 spiro atoms. The van der Waals surface area contributed by atoms with E-state index < -0.39 is 11.7 Å². The van der Waals surface area contributed by atoms with Crippen molar-refractivity contribution in [3.8, 4) is 0 Å². The first kappa shape index (κ1) is 17.3. The minimum atomic E-state index is -4.35. The maximum atomic E-state index is 13.3. The lowest BCUT2D eigenvalue weighted by Gasteiger charge is -2.37. The van der Waals surface area contributed by atoms with E-state index in [-0.39, 0.29) is 5.69 Å². The van der Waals surface area contributed by atoms with Crippen molar-refractivity contribution in [1.29, 1.82) is 0 Å². The predicted octanol–water partition coefficient (Wildman–Crippen LogP) is 4.79. The molecule has 24 heavy (non-hydrogen) atoms. The van der Waals surface area contributed by atoms with Crippen molar-refractivity contribution in [1.82, 2.24) is 4.90 Å². The van der Waals surface area contributed by atoms with Crippen molar-refractivity contribution in [2.24, 2.45) is 0 Å². The van der Waals surface area contributed by atoms with Gasteiger partial charge >= 0.3 is 6.18 Å². The molecule has 1 aliphatic heterocycles. The molecule has 2 aromatic rings. The van der Waals surface area contributed by atoms with Crippen LogP contribution in [0.3, 0.4) is 0 Å². The van der Waals surface area contributed by atoms with E-state index in [0.29, 0.717) is 17.6 Å². The van der Waals surface area contributed by atoms with Crippen molar-refractivity contribution in [2.45, 2.75) is 12.7 Å². The van der Waals surface area contributed by atoms with E-state index >= 15 is 0 Å². The summed E-state index contributed by atoms with van der Waals surface area (Å²) in [5.41, 5.74) is 0.903. The lowest BCUT2D eigenvalue weighted by atomic mass is 10.1. The molecular weight excluding hydrogens is 381 g/mol. The van der Waals surface area contributed by atoms with Gasteiger partial charge in [-0.05, 0) is 33.6 Å². The highest BCUT2D eigenvalue weighted by Crippen LogP contribution is 2.41. The van der Waals surface area contributed by atoms with Crippen LogP contribution in [0.4, 0.5) is 18.9 Å². The van der Waals surface area contributed by atoms with E-state index in [4.69, 9.17) is 0 Å². The van der Waals surface area contributed by atoms with Crippen LogP contribution < -0.4 is 4.90 Å². The fourth-order valence-corrected chi connectivity index (χ4v) is 3.65. The van der Waals surface area contributed by atoms with E-state index in [2.05, 4.69) is 33.0 Å². The number of halogens is 4. The second kappa shape index (κ2) is 7.15. The molecule has 1 heterocycles. The summed E-state index contributed by atoms with van der Waals surface area (Å²) in [5, 5.41) is 0. The lowest BCUT2D eigenvalue weighted by Crippen LogP contribution is -2.46. The zero-order chi connectivity index (χ0) is 17.2. The van der Waals surface area contributed by atoms with Gasteiger partial charge in [0.2, 0.25) is 0 Å². The standard InChI is InChI=1S/C18H18BrF3N2/c19-16-8-4-7-15(18(20,21)22)17(16)24-11-9-23(10-12-24)13-14-5-2-1-3-6-14/h1-8H,9-13H2. The molecule has 0 atom stereocenters. The average Bonchev–Trinajstić information content (AvgIpc) is 2.56. The summed E-state index contributed by atoms with van der Waals surface area (Å²) in [5.74, 6) is 0. The third kappa shape index (κ3) is 3.92. The Balaban J connectivity index is 1.71. The topological polar surface area (TPSA) is 6.48 Å². The van der Waals surface area contributed by atoms with Crippen molar-refractivity contribution in [3.63, 3.8) is 0 Å². The monoisotopic (exact) mass is 398 g/mol. The molecule has 0 amide bonds. The van der Waals surface area contributed by atoms with Crippen LogP contribution in [-0.2, 0) is 12.7 Å². The van der Waals surface area contributed by atoms with Crippen LogP contribution in [0.5, 0.6) is 0 Å². The van der Waals surface area contributed by atoms with Crippen LogP contribution in [0, 0.1) is 0 Å². The zero-order valence-electron chi connectivity index (χ0n) is 13.1. The Morgan fingerprint density at radius 1 is 0.875 bits per heavy atom. The van der Waals surface area contributed by atoms with Crippen molar-refractivity contribution < 1.29 is 13.2 Å². The van der Waals surface area contributed by atoms with Gasteiger partial charge in [0.05, 0.1) is 11.3 Å². The Morgan fingerprint density at radius 2 is 1.54 bits per heavy atom. The Bertz CT molecular complexity index is 680. The normalized spacial score (nSPS) is 16.4. The highest BCUT2D eigenvalue weighted by molar-refractivity contribution is 9.10. The highest BCUT2D eigenvalue weighted by Gasteiger charge is 2.36. The largest absolute Gasteiger partial charge is 0.418 e. The average molecular weight is 399 g/mol. The van der Waals surface area contributed by atoms with E-state index in [1.807, 2.05) is 23.1 Å². The van der Waals surface area contributed by atoms with Gasteiger partial charge in [0, 0.05) is 37.2 Å². The van der Waals surface area contributed by atoms with Crippen LogP contribution in [-0.4, -0.2) is 31.1 Å². The first-order valence-corrected chi connectivity index (χ1v) is 8.61. The fourth-order valence-electron chi connectivity index (χ4n) is 3.04. The van der Waals surface area contributed by atoms with Gasteiger partial charge in [0.25, 0.3) is 0 Å². The first-order chi connectivity index (χ1) is 11.4. The summed E-state index contributed by atoms with van der Waals surface area (Å²) in [6, 6.07) is 14.4. The third-order valence-electron chi connectivity index (χ3n) is 4.23. The lowest BCUT2D eigenvalue weighted by molar-refractivity contribution is -0.137. The molecule has 128 valence electrons. The van der Waals surface area contributed by atoms with Crippen LogP contribution in [0.1, 0.15) is 11.1 Å². The van der Waals surface area contributed by atoms with Gasteiger partial charge in [-0.15, -0.1) is 0 Å². The molecule has 0 N–H and O–H groups in total. The Morgan fingerprint density at radius 3 is 2.17 bits per heavy atom. The van der Waals surface area contributed by atoms with Gasteiger partial charge in [-0.25, -0.2) is 0 Å². The number of anilines is 1. The molecule has 0 radical (unpaired) electrons. The summed E-state index contributed by atoms with van der Waals surface area (Å²) < 4.78 is 40.4. The summed E-state index contributed by atoms with van der Waals surface area (Å²) in [4.78, 5) is 4.10. The van der Waals surface area contributed by atoms with Gasteiger partial charge in [-0.1, -0.05) is 36.4 Å². The summed E-state index contributed by atoms with van der Waals surface area (Å²) >= 11 is 3.29. The number of hydrogen-bond donors (Lipinski definition) is 0. The zero-order valence-corrected chi connectivity index (χ0v) is 14.6. The molecule has 6 heteroatoms. The maximum absolute atomic E-state index is 13.3. The third-order valence-corrected chi connectivity index (χ3v) is 4.87. The number of benzene rings is 2. The number of rotatable bonds is 3. The molecule has 0 bridgehead atoms.